The molecule has 2 N–H and O–H groups in total. The van der Waals surface area contributed by atoms with Crippen LogP contribution in [0.4, 0.5) is 10.2 Å². The van der Waals surface area contributed by atoms with E-state index >= 15 is 4.39 Å². The molecule has 0 aliphatic carbocycles. The summed E-state index contributed by atoms with van der Waals surface area (Å²) < 4.78 is 37.3. The van der Waals surface area contributed by atoms with E-state index in [2.05, 4.69) is 20.3 Å². The molecule has 0 amide bonds. The number of nitrogens with zero attached hydrogens (tertiary/aromatic N) is 4. The van der Waals surface area contributed by atoms with Crippen molar-refractivity contribution >= 4 is 40.5 Å². The van der Waals surface area contributed by atoms with E-state index in [1.165, 1.54) is 10.9 Å². The first kappa shape index (κ1) is 27.6. The third-order valence-corrected chi connectivity index (χ3v) is 5.86. The number of rotatable bonds is 11. The summed E-state index contributed by atoms with van der Waals surface area (Å²) in [6.45, 7) is 3.09. The van der Waals surface area contributed by atoms with Gasteiger partial charge < -0.3 is 29.4 Å². The van der Waals surface area contributed by atoms with E-state index in [-0.39, 0.29) is 24.1 Å². The topological polar surface area (TPSA) is 147 Å². The van der Waals surface area contributed by atoms with Gasteiger partial charge in [-0.2, -0.15) is 9.97 Å². The van der Waals surface area contributed by atoms with Gasteiger partial charge in [0.25, 0.3) is 6.10 Å². The Bertz CT molecular complexity index is 1250. The highest BCUT2D eigenvalue weighted by molar-refractivity contribution is 6.28. The molecule has 12 nitrogen and oxygen atoms in total. The number of aromatic nitrogens is 4. The van der Waals surface area contributed by atoms with Crippen LogP contribution in [0.3, 0.4) is 0 Å². The van der Waals surface area contributed by atoms with E-state index in [0.717, 1.165) is 5.56 Å². The summed E-state index contributed by atoms with van der Waals surface area (Å²) in [5.41, 5.74) is 1.49. The fourth-order valence-electron chi connectivity index (χ4n) is 3.91. The number of imidazole rings is 1. The summed E-state index contributed by atoms with van der Waals surface area (Å²) in [5, 5.41) is 13.5. The molecule has 0 bridgehead atoms. The van der Waals surface area contributed by atoms with E-state index in [1.54, 1.807) is 13.8 Å². The van der Waals surface area contributed by atoms with Crippen molar-refractivity contribution in [2.45, 2.75) is 51.1 Å². The zero-order valence-electron chi connectivity index (χ0n) is 20.6. The van der Waals surface area contributed by atoms with Crippen molar-refractivity contribution in [2.75, 3.05) is 25.1 Å². The second kappa shape index (κ2) is 12.4. The lowest BCUT2D eigenvalue weighted by Gasteiger charge is -2.19. The average Bonchev–Trinajstić information content (AvgIpc) is 3.44. The van der Waals surface area contributed by atoms with Crippen molar-refractivity contribution in [1.82, 2.24) is 19.5 Å². The maximum atomic E-state index is 15.2. The van der Waals surface area contributed by atoms with Gasteiger partial charge in [-0.05, 0) is 31.0 Å². The van der Waals surface area contributed by atoms with Crippen LogP contribution in [0.1, 0.15) is 25.6 Å². The van der Waals surface area contributed by atoms with Crippen LogP contribution in [-0.4, -0.2) is 80.9 Å². The first-order valence-electron chi connectivity index (χ1n) is 11.9. The lowest BCUT2D eigenvalue weighted by atomic mass is 10.1. The minimum absolute atomic E-state index is 0.00952. The number of fused-ring (bicyclic) bond motifs is 1. The largest absolute Gasteiger partial charge is 0.464 e. The highest BCUT2D eigenvalue weighted by Gasteiger charge is 2.47. The number of hydrogen-bond acceptors (Lipinski definition) is 11. The van der Waals surface area contributed by atoms with Crippen LogP contribution in [0.15, 0.2) is 36.7 Å². The summed E-state index contributed by atoms with van der Waals surface area (Å²) in [7, 11) is 0. The van der Waals surface area contributed by atoms with Gasteiger partial charge in [-0.25, -0.2) is 19.0 Å². The third-order valence-electron chi connectivity index (χ3n) is 5.69. The summed E-state index contributed by atoms with van der Waals surface area (Å²) >= 11 is 6.14. The Morgan fingerprint density at radius 2 is 1.87 bits per heavy atom. The van der Waals surface area contributed by atoms with E-state index in [9.17, 15) is 14.7 Å². The summed E-state index contributed by atoms with van der Waals surface area (Å²) in [4.78, 5) is 37.0. The van der Waals surface area contributed by atoms with Crippen LogP contribution >= 0.6 is 11.6 Å². The highest BCUT2D eigenvalue weighted by Crippen LogP contribution is 2.35. The minimum atomic E-state index is -1.92. The molecule has 3 heterocycles. The number of aliphatic hydroxyl groups is 1. The normalized spacial score (nSPS) is 21.1. The molecule has 204 valence electrons. The van der Waals surface area contributed by atoms with Crippen molar-refractivity contribution in [3.63, 3.8) is 0 Å². The monoisotopic (exact) mass is 551 g/mol. The smallest absolute Gasteiger partial charge is 0.347 e. The summed E-state index contributed by atoms with van der Waals surface area (Å²) in [6.07, 6.45) is -6.54. The van der Waals surface area contributed by atoms with Gasteiger partial charge in [0.1, 0.15) is 12.2 Å². The number of carbonyl (C=O) groups excluding carboxylic acids is 2. The number of benzene rings is 1. The Morgan fingerprint density at radius 1 is 1.18 bits per heavy atom. The molecular weight excluding hydrogens is 525 g/mol. The van der Waals surface area contributed by atoms with Crippen LogP contribution in [-0.2, 0) is 35.1 Å². The third kappa shape index (κ3) is 6.01. The SMILES string of the molecule is CCOC(=O)C(OCC1O[C@@H](n2cnc3c(NCc4ccccc4)nc(Cl)nc32)[C@@H](F)[C@@H]1O)C(=O)OCC. The molecule has 0 saturated carbocycles. The fourth-order valence-corrected chi connectivity index (χ4v) is 4.07. The van der Waals surface area contributed by atoms with Crippen molar-refractivity contribution in [2.24, 2.45) is 0 Å². The molecule has 1 aromatic carbocycles. The van der Waals surface area contributed by atoms with Crippen molar-refractivity contribution < 1.29 is 38.0 Å². The van der Waals surface area contributed by atoms with Crippen LogP contribution in [0.5, 0.6) is 0 Å². The first-order valence-corrected chi connectivity index (χ1v) is 12.3. The Morgan fingerprint density at radius 3 is 2.53 bits per heavy atom. The number of aliphatic hydroxyl groups excluding tert-OH is 1. The molecule has 14 heteroatoms. The molecule has 1 unspecified atom stereocenters. The van der Waals surface area contributed by atoms with E-state index in [0.29, 0.717) is 17.9 Å². The zero-order valence-corrected chi connectivity index (χ0v) is 21.4. The molecule has 0 radical (unpaired) electrons. The number of carbonyl (C=O) groups is 2. The van der Waals surface area contributed by atoms with Crippen molar-refractivity contribution in [3.8, 4) is 0 Å². The Balaban J connectivity index is 1.51. The van der Waals surface area contributed by atoms with Gasteiger partial charge in [0.05, 0.1) is 26.1 Å². The number of esters is 2. The Labute approximate surface area is 222 Å². The van der Waals surface area contributed by atoms with Gasteiger partial charge in [-0.15, -0.1) is 0 Å². The van der Waals surface area contributed by atoms with Crippen LogP contribution in [0.25, 0.3) is 11.2 Å². The summed E-state index contributed by atoms with van der Waals surface area (Å²) in [5.74, 6) is -1.59. The Kier molecular flexibility index (Phi) is 9.05. The van der Waals surface area contributed by atoms with Crippen molar-refractivity contribution in [1.29, 1.82) is 0 Å². The van der Waals surface area contributed by atoms with Crippen LogP contribution in [0, 0.1) is 0 Å². The van der Waals surface area contributed by atoms with Crippen LogP contribution < -0.4 is 5.32 Å². The Hall–Kier alpha value is -3.39. The van der Waals surface area contributed by atoms with Gasteiger partial charge in [-0.3, -0.25) is 4.57 Å². The standard InChI is InChI=1S/C24H27ClFN5O7/c1-3-35-22(33)18(23(34)36-4-2)37-11-14-17(32)15(26)21(38-14)31-12-28-16-19(29-24(25)30-20(16)31)27-10-13-8-6-5-7-9-13/h5-9,12,14-15,17-18,21,32H,3-4,10-11H2,1-2H3,(H,27,29,30)/t14?,15-,17+,21+/m0/s1. The molecule has 4 atom stereocenters. The molecule has 1 aliphatic heterocycles. The number of hydrogen-bond donors (Lipinski definition) is 2. The maximum absolute atomic E-state index is 15.2. The molecule has 1 fully saturated rings. The number of ether oxygens (including phenoxy) is 4. The first-order chi connectivity index (χ1) is 18.3. The molecule has 0 spiro atoms. The van der Waals surface area contributed by atoms with Gasteiger partial charge in [-0.1, -0.05) is 30.3 Å². The lowest BCUT2D eigenvalue weighted by molar-refractivity contribution is -0.177. The molecule has 4 rings (SSSR count). The molecule has 1 saturated heterocycles. The zero-order chi connectivity index (χ0) is 27.2. The summed E-state index contributed by atoms with van der Waals surface area (Å²) in [6, 6.07) is 9.58. The van der Waals surface area contributed by atoms with E-state index in [1.807, 2.05) is 30.3 Å². The second-order valence-electron chi connectivity index (χ2n) is 8.22. The molecule has 3 aromatic rings. The van der Waals surface area contributed by atoms with Crippen LogP contribution in [0.2, 0.25) is 5.28 Å². The van der Waals surface area contributed by atoms with Crippen molar-refractivity contribution in [3.05, 3.63) is 47.5 Å². The lowest BCUT2D eigenvalue weighted by Crippen LogP contribution is -2.40. The number of alkyl halides is 1. The number of anilines is 1. The quantitative estimate of drug-likeness (QED) is 0.205. The predicted molar refractivity (Wildman–Crippen MR) is 132 cm³/mol. The van der Waals surface area contributed by atoms with Gasteiger partial charge in [0.2, 0.25) is 5.28 Å². The average molecular weight is 552 g/mol. The predicted octanol–water partition coefficient (Wildman–Crippen LogP) is 2.20. The highest BCUT2D eigenvalue weighted by atomic mass is 35.5. The minimum Gasteiger partial charge on any atom is -0.464 e. The van der Waals surface area contributed by atoms with E-state index < -0.39 is 49.3 Å². The molecule has 2 aromatic heterocycles. The van der Waals surface area contributed by atoms with E-state index in [4.69, 9.17) is 30.5 Å². The molecular formula is C24H27ClFN5O7. The van der Waals surface area contributed by atoms with Gasteiger partial charge in [0.15, 0.2) is 29.4 Å². The fraction of sp³-hybridized carbons (Fsp3) is 0.458. The number of halogens is 2. The van der Waals surface area contributed by atoms with Gasteiger partial charge >= 0.3 is 11.9 Å². The second-order valence-corrected chi connectivity index (χ2v) is 8.56. The maximum Gasteiger partial charge on any atom is 0.347 e. The van der Waals surface area contributed by atoms with Gasteiger partial charge in [0, 0.05) is 6.54 Å². The number of nitrogens with one attached hydrogen (secondary N) is 1. The molecule has 38 heavy (non-hydrogen) atoms. The molecule has 1 aliphatic rings.